The maximum absolute atomic E-state index is 13.0. The van der Waals surface area contributed by atoms with Crippen molar-refractivity contribution in [3.8, 4) is 11.5 Å². The summed E-state index contributed by atoms with van der Waals surface area (Å²) < 4.78 is 29.8. The molecule has 0 heterocycles. The molecule has 0 aromatic heterocycles. The van der Waals surface area contributed by atoms with Crippen LogP contribution in [0.15, 0.2) is 48.5 Å². The monoisotopic (exact) mass is 361 g/mol. The highest BCUT2D eigenvalue weighted by atomic mass is 19.1. The van der Waals surface area contributed by atoms with Crippen molar-refractivity contribution >= 4 is 0 Å². The van der Waals surface area contributed by atoms with E-state index in [1.54, 1.807) is 19.2 Å². The fourth-order valence-corrected chi connectivity index (χ4v) is 2.71. The fraction of sp³-hybridized carbons (Fsp3) is 0.429. The van der Waals surface area contributed by atoms with Crippen molar-refractivity contribution in [2.45, 2.75) is 25.9 Å². The molecular formula is C21H28FNO3. The minimum atomic E-state index is -0.226. The maximum atomic E-state index is 13.0. The van der Waals surface area contributed by atoms with E-state index >= 15 is 0 Å². The van der Waals surface area contributed by atoms with Crippen LogP contribution in [0, 0.1) is 5.82 Å². The molecule has 1 atom stereocenters. The first-order valence-electron chi connectivity index (χ1n) is 9.08. The third kappa shape index (κ3) is 6.65. The fourth-order valence-electron chi connectivity index (χ4n) is 2.71. The van der Waals surface area contributed by atoms with Crippen molar-refractivity contribution in [2.75, 3.05) is 33.4 Å². The summed E-state index contributed by atoms with van der Waals surface area (Å²) in [6.45, 7) is 4.78. The minimum absolute atomic E-state index is 0.00767. The minimum Gasteiger partial charge on any atom is -0.490 e. The van der Waals surface area contributed by atoms with Crippen molar-refractivity contribution in [1.29, 1.82) is 0 Å². The highest BCUT2D eigenvalue weighted by Crippen LogP contribution is 2.26. The lowest BCUT2D eigenvalue weighted by atomic mass is 10.0. The average Bonchev–Trinajstić information content (AvgIpc) is 2.66. The van der Waals surface area contributed by atoms with Crippen molar-refractivity contribution in [3.05, 3.63) is 59.9 Å². The highest BCUT2D eigenvalue weighted by Gasteiger charge is 2.10. The van der Waals surface area contributed by atoms with Crippen LogP contribution in [0.2, 0.25) is 0 Å². The number of rotatable bonds is 12. The Morgan fingerprint density at radius 1 is 0.962 bits per heavy atom. The number of para-hydroxylation sites is 2. The third-order valence-electron chi connectivity index (χ3n) is 4.03. The molecule has 0 radical (unpaired) electrons. The van der Waals surface area contributed by atoms with Crippen molar-refractivity contribution < 1.29 is 18.6 Å². The Bertz CT molecular complexity index is 633. The molecule has 1 N–H and O–H groups in total. The summed E-state index contributed by atoms with van der Waals surface area (Å²) in [5.41, 5.74) is 1.00. The van der Waals surface area contributed by atoms with Crippen LogP contribution in [-0.4, -0.2) is 33.4 Å². The summed E-state index contributed by atoms with van der Waals surface area (Å²) in [6.07, 6.45) is 1.83. The summed E-state index contributed by atoms with van der Waals surface area (Å²) in [4.78, 5) is 0. The number of nitrogens with one attached hydrogen (secondary N) is 1. The molecule has 5 heteroatoms. The molecule has 0 spiro atoms. The Hall–Kier alpha value is -2.11. The summed E-state index contributed by atoms with van der Waals surface area (Å²) in [5, 5.41) is 3.37. The zero-order valence-electron chi connectivity index (χ0n) is 15.5. The molecule has 0 saturated heterocycles. The van der Waals surface area contributed by atoms with Crippen LogP contribution < -0.4 is 14.8 Å². The van der Waals surface area contributed by atoms with Gasteiger partial charge in [0.05, 0.1) is 12.7 Å². The number of methoxy groups -OCH3 is 1. The Kier molecular flexibility index (Phi) is 8.93. The van der Waals surface area contributed by atoms with Gasteiger partial charge in [-0.25, -0.2) is 4.39 Å². The molecule has 0 amide bonds. The van der Waals surface area contributed by atoms with Gasteiger partial charge in [0.15, 0.2) is 11.5 Å². The van der Waals surface area contributed by atoms with E-state index in [1.165, 1.54) is 12.1 Å². The Balaban J connectivity index is 1.62. The number of ether oxygens (including phenoxy) is 3. The molecule has 142 valence electrons. The van der Waals surface area contributed by atoms with Gasteiger partial charge in [-0.05, 0) is 56.1 Å². The first-order chi connectivity index (χ1) is 12.7. The number of halogens is 1. The summed E-state index contributed by atoms with van der Waals surface area (Å²) in [7, 11) is 1.69. The van der Waals surface area contributed by atoms with Crippen LogP contribution in [0.4, 0.5) is 4.39 Å². The van der Waals surface area contributed by atoms with Crippen molar-refractivity contribution in [2.24, 2.45) is 0 Å². The van der Waals surface area contributed by atoms with Gasteiger partial charge in [0, 0.05) is 13.7 Å². The second-order valence-electron chi connectivity index (χ2n) is 5.90. The Morgan fingerprint density at radius 2 is 1.65 bits per heavy atom. The molecule has 4 nitrogen and oxygen atoms in total. The second kappa shape index (κ2) is 11.5. The summed E-state index contributed by atoms with van der Waals surface area (Å²) in [6, 6.07) is 14.2. The maximum Gasteiger partial charge on any atom is 0.161 e. The topological polar surface area (TPSA) is 39.7 Å². The number of hydrogen-bond donors (Lipinski definition) is 1. The van der Waals surface area contributed by atoms with Gasteiger partial charge in [-0.2, -0.15) is 0 Å². The zero-order chi connectivity index (χ0) is 18.6. The standard InChI is InChI=1S/C21H28FNO3/c1-3-25-20-7-4-5-8-21(20)26-16-15-23-14-6-9-19(24-2)17-10-12-18(22)13-11-17/h4-5,7-8,10-13,19,23H,3,6,9,14-16H2,1-2H3. The van der Waals surface area contributed by atoms with E-state index in [0.717, 1.165) is 43.0 Å². The van der Waals surface area contributed by atoms with Crippen molar-refractivity contribution in [1.82, 2.24) is 5.32 Å². The number of hydrogen-bond acceptors (Lipinski definition) is 4. The van der Waals surface area contributed by atoms with E-state index in [9.17, 15) is 4.39 Å². The summed E-state index contributed by atoms with van der Waals surface area (Å²) in [5.74, 6) is 1.32. The second-order valence-corrected chi connectivity index (χ2v) is 5.90. The predicted molar refractivity (Wildman–Crippen MR) is 101 cm³/mol. The molecule has 0 saturated carbocycles. The van der Waals surface area contributed by atoms with Crippen LogP contribution in [-0.2, 0) is 4.74 Å². The van der Waals surface area contributed by atoms with E-state index in [0.29, 0.717) is 13.2 Å². The quantitative estimate of drug-likeness (QED) is 0.570. The zero-order valence-corrected chi connectivity index (χ0v) is 15.5. The lowest BCUT2D eigenvalue weighted by Crippen LogP contribution is -2.22. The molecule has 26 heavy (non-hydrogen) atoms. The lowest BCUT2D eigenvalue weighted by molar-refractivity contribution is 0.0936. The van der Waals surface area contributed by atoms with E-state index in [4.69, 9.17) is 14.2 Å². The largest absolute Gasteiger partial charge is 0.490 e. The van der Waals surface area contributed by atoms with Crippen LogP contribution in [0.25, 0.3) is 0 Å². The van der Waals surface area contributed by atoms with Crippen LogP contribution >= 0.6 is 0 Å². The molecule has 0 aliphatic heterocycles. The Labute approximate surface area is 155 Å². The molecule has 0 aliphatic rings. The van der Waals surface area contributed by atoms with Gasteiger partial charge < -0.3 is 19.5 Å². The normalized spacial score (nSPS) is 12.0. The van der Waals surface area contributed by atoms with E-state index in [2.05, 4.69) is 5.32 Å². The average molecular weight is 361 g/mol. The van der Waals surface area contributed by atoms with Crippen molar-refractivity contribution in [3.63, 3.8) is 0 Å². The molecule has 0 aliphatic carbocycles. The van der Waals surface area contributed by atoms with Gasteiger partial charge in [-0.1, -0.05) is 24.3 Å². The van der Waals surface area contributed by atoms with Crippen LogP contribution in [0.1, 0.15) is 31.4 Å². The highest BCUT2D eigenvalue weighted by molar-refractivity contribution is 5.39. The first kappa shape index (κ1) is 20.2. The van der Waals surface area contributed by atoms with Crippen LogP contribution in [0.3, 0.4) is 0 Å². The smallest absolute Gasteiger partial charge is 0.161 e. The van der Waals surface area contributed by atoms with Gasteiger partial charge in [-0.3, -0.25) is 0 Å². The Morgan fingerprint density at radius 3 is 2.31 bits per heavy atom. The van der Waals surface area contributed by atoms with E-state index in [1.807, 2.05) is 31.2 Å². The molecule has 1 unspecified atom stereocenters. The third-order valence-corrected chi connectivity index (χ3v) is 4.03. The van der Waals surface area contributed by atoms with Gasteiger partial charge >= 0.3 is 0 Å². The van der Waals surface area contributed by atoms with Gasteiger partial charge in [0.2, 0.25) is 0 Å². The van der Waals surface area contributed by atoms with Crippen LogP contribution in [0.5, 0.6) is 11.5 Å². The van der Waals surface area contributed by atoms with Gasteiger partial charge in [0.25, 0.3) is 0 Å². The molecule has 0 fully saturated rings. The van der Waals surface area contributed by atoms with E-state index < -0.39 is 0 Å². The number of benzene rings is 2. The molecule has 0 bridgehead atoms. The molecule has 2 rings (SSSR count). The SMILES string of the molecule is CCOc1ccccc1OCCNCCCC(OC)c1ccc(F)cc1. The molecule has 2 aromatic carbocycles. The molecule has 2 aromatic rings. The lowest BCUT2D eigenvalue weighted by Gasteiger charge is -2.16. The van der Waals surface area contributed by atoms with E-state index in [-0.39, 0.29) is 11.9 Å². The van der Waals surface area contributed by atoms with Gasteiger partial charge in [0.1, 0.15) is 12.4 Å². The predicted octanol–water partition coefficient (Wildman–Crippen LogP) is 4.36. The summed E-state index contributed by atoms with van der Waals surface area (Å²) >= 11 is 0. The first-order valence-corrected chi connectivity index (χ1v) is 9.08. The molecular weight excluding hydrogens is 333 g/mol. The van der Waals surface area contributed by atoms with Gasteiger partial charge in [-0.15, -0.1) is 0 Å².